The Hall–Kier alpha value is -7.57. The minimum atomic E-state index is -1.69. The topological polar surface area (TPSA) is 254 Å². The first-order valence-corrected chi connectivity index (χ1v) is 22.9. The van der Waals surface area contributed by atoms with E-state index in [9.17, 15) is 38.4 Å². The van der Waals surface area contributed by atoms with Gasteiger partial charge in [-0.15, -0.1) is 0 Å². The van der Waals surface area contributed by atoms with Gasteiger partial charge >= 0.3 is 18.0 Å². The monoisotopic (exact) mass is 966 g/mol. The third-order valence-electron chi connectivity index (χ3n) is 10.7. The maximum Gasteiger partial charge on any atom is 0.408 e. The molecule has 0 aliphatic carbocycles. The molecule has 0 saturated heterocycles. The van der Waals surface area contributed by atoms with Gasteiger partial charge in [0.2, 0.25) is 29.5 Å². The summed E-state index contributed by atoms with van der Waals surface area (Å²) in [6.45, 7) is 12.6. The Labute approximate surface area is 408 Å². The smallest absolute Gasteiger partial charge is 0.408 e. The van der Waals surface area contributed by atoms with Crippen LogP contribution in [0.2, 0.25) is 0 Å². The van der Waals surface area contributed by atoms with Crippen molar-refractivity contribution in [1.29, 1.82) is 0 Å². The summed E-state index contributed by atoms with van der Waals surface area (Å²) in [4.78, 5) is 113. The van der Waals surface area contributed by atoms with Gasteiger partial charge in [-0.25, -0.2) is 14.6 Å². The fourth-order valence-corrected chi connectivity index (χ4v) is 7.31. The van der Waals surface area contributed by atoms with Gasteiger partial charge in [-0.05, 0) is 78.5 Å². The van der Waals surface area contributed by atoms with E-state index >= 15 is 0 Å². The van der Waals surface area contributed by atoms with Gasteiger partial charge in [-0.3, -0.25) is 28.8 Å². The van der Waals surface area contributed by atoms with E-state index in [0.717, 1.165) is 7.11 Å². The van der Waals surface area contributed by atoms with Crippen LogP contribution < -0.4 is 31.9 Å². The number of nitrogens with zero attached hydrogens (tertiary/aromatic N) is 2. The van der Waals surface area contributed by atoms with Gasteiger partial charge in [0.1, 0.15) is 47.0 Å². The van der Waals surface area contributed by atoms with E-state index in [4.69, 9.17) is 14.2 Å². The Morgan fingerprint density at radius 3 is 1.54 bits per heavy atom. The summed E-state index contributed by atoms with van der Waals surface area (Å²) in [6.07, 6.45) is 0.730. The minimum absolute atomic E-state index is 0.110. The third-order valence-corrected chi connectivity index (χ3v) is 10.7. The largest absolute Gasteiger partial charge is 0.467 e. The molecule has 1 aromatic heterocycles. The van der Waals surface area contributed by atoms with Gasteiger partial charge < -0.3 is 50.7 Å². The van der Waals surface area contributed by atoms with E-state index in [1.54, 1.807) is 53.2 Å². The summed E-state index contributed by atoms with van der Waals surface area (Å²) in [5, 5.41) is 15.9. The summed E-state index contributed by atoms with van der Waals surface area (Å²) < 4.78 is 17.2. The number of rotatable bonds is 21. The first kappa shape index (κ1) is 55.0. The van der Waals surface area contributed by atoms with Crippen LogP contribution in [0.4, 0.5) is 4.79 Å². The number of ether oxygens (including phenoxy) is 3. The fraction of sp³-hybridized carbons (Fsp3) is 0.431. The number of methoxy groups -OCH3 is 1. The predicted octanol–water partition coefficient (Wildman–Crippen LogP) is 3.63. The van der Waals surface area contributed by atoms with Gasteiger partial charge in [0.05, 0.1) is 19.9 Å². The lowest BCUT2D eigenvalue weighted by molar-refractivity contribution is -0.155. The number of nitrogens with one attached hydrogen (secondary N) is 6. The Bertz CT molecular complexity index is 2340. The number of esters is 2. The van der Waals surface area contributed by atoms with Crippen molar-refractivity contribution in [3.8, 4) is 0 Å². The molecule has 0 spiro atoms. The van der Waals surface area contributed by atoms with E-state index in [2.05, 4.69) is 36.9 Å². The lowest BCUT2D eigenvalue weighted by Gasteiger charge is -2.37. The molecule has 0 aliphatic rings. The molecule has 19 nitrogen and oxygen atoms in total. The number of carbonyl (C=O) groups is 8. The van der Waals surface area contributed by atoms with Gasteiger partial charge in [-0.1, -0.05) is 91.0 Å². The predicted molar refractivity (Wildman–Crippen MR) is 258 cm³/mol. The molecule has 6 amide bonds. The normalized spacial score (nSPS) is 13.7. The molecule has 0 saturated carbocycles. The number of hydrogen-bond acceptors (Lipinski definition) is 12. The van der Waals surface area contributed by atoms with Gasteiger partial charge in [-0.2, -0.15) is 0 Å². The number of carbonyl (C=O) groups excluding carboxylic acids is 8. The SMILES string of the molecule is COC(=O)[C@H](C)NC(=O)[C@@H](CCC(=O)OC(C)(C)C)NC(=O)[C@@H](C)NC(=O)[C@H](CC(=O)NC(c1ccccc1)(c1ccccc1)c1ccccc1)NC(=O)[C@H](Cc1cncn1C)NC(=O)OC(C)(C)C. The van der Waals surface area contributed by atoms with Crippen LogP contribution in [0.3, 0.4) is 0 Å². The molecule has 3 aromatic carbocycles. The van der Waals surface area contributed by atoms with Crippen LogP contribution in [0.15, 0.2) is 104 Å². The van der Waals surface area contributed by atoms with E-state index in [0.29, 0.717) is 22.4 Å². The van der Waals surface area contributed by atoms with Crippen LogP contribution in [-0.4, -0.2) is 106 Å². The molecule has 0 unspecified atom stereocenters. The van der Waals surface area contributed by atoms with E-state index in [1.165, 1.54) is 26.4 Å². The van der Waals surface area contributed by atoms with Crippen molar-refractivity contribution in [3.05, 3.63) is 126 Å². The van der Waals surface area contributed by atoms with Crippen molar-refractivity contribution >= 4 is 47.6 Å². The molecular formula is C51H66N8O11. The molecule has 4 rings (SSSR count). The van der Waals surface area contributed by atoms with Crippen molar-refractivity contribution in [2.75, 3.05) is 7.11 Å². The zero-order valence-electron chi connectivity index (χ0n) is 41.4. The first-order valence-electron chi connectivity index (χ1n) is 22.9. The second-order valence-corrected chi connectivity index (χ2v) is 18.7. The second-order valence-electron chi connectivity index (χ2n) is 18.7. The van der Waals surface area contributed by atoms with E-state index < -0.39 is 101 Å². The quantitative estimate of drug-likeness (QED) is 0.0398. The molecular weight excluding hydrogens is 901 g/mol. The van der Waals surface area contributed by atoms with Crippen molar-refractivity contribution in [2.24, 2.45) is 7.05 Å². The summed E-state index contributed by atoms with van der Waals surface area (Å²) in [7, 11) is 2.84. The molecule has 376 valence electrons. The van der Waals surface area contributed by atoms with Crippen molar-refractivity contribution in [1.82, 2.24) is 41.5 Å². The molecule has 1 heterocycles. The lowest BCUT2D eigenvalue weighted by atomic mass is 9.77. The van der Waals surface area contributed by atoms with Crippen LogP contribution in [0.25, 0.3) is 0 Å². The zero-order chi connectivity index (χ0) is 51.8. The summed E-state index contributed by atoms with van der Waals surface area (Å²) in [5.74, 6) is -5.70. The van der Waals surface area contributed by atoms with Crippen LogP contribution in [0.5, 0.6) is 0 Å². The molecule has 0 radical (unpaired) electrons. The molecule has 19 heteroatoms. The van der Waals surface area contributed by atoms with Crippen LogP contribution in [0, 0.1) is 0 Å². The lowest BCUT2D eigenvalue weighted by Crippen LogP contribution is -2.59. The molecule has 6 N–H and O–H groups in total. The number of aromatic nitrogens is 2. The second kappa shape index (κ2) is 24.6. The number of aryl methyl sites for hydroxylation is 1. The highest BCUT2D eigenvalue weighted by atomic mass is 16.6. The molecule has 0 fully saturated rings. The molecule has 70 heavy (non-hydrogen) atoms. The number of amides is 6. The van der Waals surface area contributed by atoms with Gasteiger partial charge in [0.15, 0.2) is 0 Å². The van der Waals surface area contributed by atoms with E-state index in [1.807, 2.05) is 91.0 Å². The number of alkyl carbamates (subject to hydrolysis) is 1. The van der Waals surface area contributed by atoms with E-state index in [-0.39, 0.29) is 19.3 Å². The molecule has 0 aliphatic heterocycles. The maximum absolute atomic E-state index is 14.8. The molecule has 5 atom stereocenters. The highest BCUT2D eigenvalue weighted by molar-refractivity contribution is 5.98. The molecule has 4 aromatic rings. The average Bonchev–Trinajstić information content (AvgIpc) is 3.71. The number of hydrogen-bond donors (Lipinski definition) is 6. The van der Waals surface area contributed by atoms with Crippen LogP contribution in [-0.2, 0) is 66.8 Å². The zero-order valence-corrected chi connectivity index (χ0v) is 41.4. The summed E-state index contributed by atoms with van der Waals surface area (Å²) in [6, 6.07) is 20.6. The van der Waals surface area contributed by atoms with Gasteiger partial charge in [0.25, 0.3) is 0 Å². The third kappa shape index (κ3) is 16.3. The minimum Gasteiger partial charge on any atom is -0.467 e. The standard InChI is InChI=1S/C51H66N8O11/c1-32(43(62)55-38(26-27-42(61)69-49(3,4)5)44(63)54-33(2)47(66)68-10)53-45(64)40(56-46(65)39(28-37-30-52-31-59(37)9)57-48(67)70-50(6,7)8)29-41(60)58-51(34-20-14-11-15-21-34,35-22-16-12-17-23-35)36-24-18-13-19-25-36/h11-25,30-33,38-40H,26-29H2,1-10H3,(H,53,64)(H,54,63)(H,55,62)(H,56,65)(H,57,67)(H,58,60)/t32-,33+,38-,39+,40+/m1/s1. The van der Waals surface area contributed by atoms with Crippen molar-refractivity contribution in [2.45, 2.75) is 128 Å². The first-order chi connectivity index (χ1) is 32.9. The fourth-order valence-electron chi connectivity index (χ4n) is 7.31. The Kier molecular flexibility index (Phi) is 19.4. The Morgan fingerprint density at radius 1 is 0.600 bits per heavy atom. The van der Waals surface area contributed by atoms with Crippen molar-refractivity contribution in [3.63, 3.8) is 0 Å². The van der Waals surface area contributed by atoms with Crippen molar-refractivity contribution < 1.29 is 52.6 Å². The summed E-state index contributed by atoms with van der Waals surface area (Å²) in [5.41, 5.74) is -0.521. The van der Waals surface area contributed by atoms with Crippen LogP contribution >= 0.6 is 0 Å². The average molecular weight is 967 g/mol. The molecule has 0 bridgehead atoms. The summed E-state index contributed by atoms with van der Waals surface area (Å²) >= 11 is 0. The van der Waals surface area contributed by atoms with Gasteiger partial charge in [0, 0.05) is 31.8 Å². The maximum atomic E-state index is 14.8. The number of imidazole rings is 1. The highest BCUT2D eigenvalue weighted by Crippen LogP contribution is 2.37. The van der Waals surface area contributed by atoms with Crippen LogP contribution in [0.1, 0.15) is 97.0 Å². The Morgan fingerprint density at radius 2 is 1.07 bits per heavy atom. The number of benzene rings is 3. The Balaban J connectivity index is 1.71. The highest BCUT2D eigenvalue weighted by Gasteiger charge is 2.40.